The first-order valence-corrected chi connectivity index (χ1v) is 3.31. The van der Waals surface area contributed by atoms with Gasteiger partial charge in [-0.3, -0.25) is 19.1 Å². The molecule has 1 aliphatic rings. The number of hydrogen-bond acceptors (Lipinski definition) is 3. The number of amides is 1. The van der Waals surface area contributed by atoms with Crippen molar-refractivity contribution in [1.29, 1.82) is 0 Å². The summed E-state index contributed by atoms with van der Waals surface area (Å²) in [5.74, 6) is -0.0279. The van der Waals surface area contributed by atoms with Gasteiger partial charge in [-0.15, -0.1) is 0 Å². The van der Waals surface area contributed by atoms with E-state index in [2.05, 4.69) is 10.3 Å². The molecule has 1 aliphatic heterocycles. The summed E-state index contributed by atoms with van der Waals surface area (Å²) in [6, 6.07) is 1.17. The quantitative estimate of drug-likeness (QED) is 0.492. The Morgan fingerprint density at radius 2 is 2.08 bits per heavy atom. The minimum atomic E-state index is -0.559. The Bertz CT molecular complexity index is 456. The number of H-pyrrole nitrogens is 1. The van der Waals surface area contributed by atoms with Crippen LogP contribution in [0.15, 0.2) is 15.7 Å². The third-order valence-electron chi connectivity index (χ3n) is 1.60. The molecule has 2 N–H and O–H groups in total. The summed E-state index contributed by atoms with van der Waals surface area (Å²) in [4.78, 5) is 34.6. The number of anilines is 1. The fourth-order valence-electron chi connectivity index (χ4n) is 1.11. The standard InChI is InChI=1S/C6H5N3O3/c10-4-1-3-7-5(11)2-9(3)6(12)8-4/h1H,2H2,(H,7,11)(H,8,10,12). The van der Waals surface area contributed by atoms with Crippen LogP contribution in [0.5, 0.6) is 0 Å². The van der Waals surface area contributed by atoms with E-state index in [-0.39, 0.29) is 18.3 Å². The summed E-state index contributed by atoms with van der Waals surface area (Å²) in [7, 11) is 0. The first kappa shape index (κ1) is 6.84. The number of aromatic nitrogens is 2. The van der Waals surface area contributed by atoms with Gasteiger partial charge in [-0.2, -0.15) is 0 Å². The zero-order valence-corrected chi connectivity index (χ0v) is 5.96. The lowest BCUT2D eigenvalue weighted by molar-refractivity contribution is -0.115. The van der Waals surface area contributed by atoms with E-state index in [0.717, 1.165) is 0 Å². The Morgan fingerprint density at radius 1 is 1.33 bits per heavy atom. The predicted octanol–water partition coefficient (Wildman–Crippen LogP) is -1.51. The predicted molar refractivity (Wildman–Crippen MR) is 40.0 cm³/mol. The van der Waals surface area contributed by atoms with Crippen LogP contribution < -0.4 is 16.6 Å². The van der Waals surface area contributed by atoms with E-state index < -0.39 is 11.2 Å². The summed E-state index contributed by atoms with van der Waals surface area (Å²) in [5, 5.41) is 2.38. The molecule has 6 nitrogen and oxygen atoms in total. The topological polar surface area (TPSA) is 84.0 Å². The van der Waals surface area contributed by atoms with Crippen LogP contribution in [0.2, 0.25) is 0 Å². The Morgan fingerprint density at radius 3 is 2.83 bits per heavy atom. The van der Waals surface area contributed by atoms with Crippen LogP contribution in [0.3, 0.4) is 0 Å². The van der Waals surface area contributed by atoms with E-state index in [1.807, 2.05) is 0 Å². The van der Waals surface area contributed by atoms with Crippen molar-refractivity contribution in [3.8, 4) is 0 Å². The van der Waals surface area contributed by atoms with Crippen molar-refractivity contribution < 1.29 is 4.79 Å². The maximum atomic E-state index is 11.0. The smallest absolute Gasteiger partial charge is 0.310 e. The lowest BCUT2D eigenvalue weighted by Crippen LogP contribution is -2.27. The summed E-state index contributed by atoms with van der Waals surface area (Å²) in [6.45, 7) is -0.0229. The van der Waals surface area contributed by atoms with Crippen molar-refractivity contribution >= 4 is 11.7 Å². The lowest BCUT2D eigenvalue weighted by Gasteiger charge is -1.96. The van der Waals surface area contributed by atoms with Crippen LogP contribution in [0.25, 0.3) is 0 Å². The highest BCUT2D eigenvalue weighted by Gasteiger charge is 2.18. The monoisotopic (exact) mass is 167 g/mol. The van der Waals surface area contributed by atoms with Crippen LogP contribution in [0.1, 0.15) is 0 Å². The molecule has 0 spiro atoms. The van der Waals surface area contributed by atoms with E-state index in [1.165, 1.54) is 10.6 Å². The minimum absolute atomic E-state index is 0.0229. The SMILES string of the molecule is O=C1Cn2c(cc(=O)[nH]c2=O)N1. The molecular formula is C6H5N3O3. The van der Waals surface area contributed by atoms with Crippen LogP contribution in [0, 0.1) is 0 Å². The maximum Gasteiger partial charge on any atom is 0.330 e. The van der Waals surface area contributed by atoms with Gasteiger partial charge in [0.25, 0.3) is 5.56 Å². The Kier molecular flexibility index (Phi) is 1.18. The maximum absolute atomic E-state index is 11.0. The van der Waals surface area contributed by atoms with Crippen molar-refractivity contribution in [2.75, 3.05) is 5.32 Å². The summed E-state index contributed by atoms with van der Waals surface area (Å²) in [6.07, 6.45) is 0. The number of carbonyl (C=O) groups is 1. The molecule has 2 heterocycles. The van der Waals surface area contributed by atoms with E-state index in [9.17, 15) is 14.4 Å². The normalized spacial score (nSPS) is 14.2. The molecule has 1 amide bonds. The molecule has 0 saturated heterocycles. The molecule has 0 unspecified atom stereocenters. The summed E-state index contributed by atoms with van der Waals surface area (Å²) in [5.41, 5.74) is -1.07. The van der Waals surface area contributed by atoms with Crippen molar-refractivity contribution in [3.05, 3.63) is 26.9 Å². The van der Waals surface area contributed by atoms with E-state index in [4.69, 9.17) is 0 Å². The van der Waals surface area contributed by atoms with Crippen molar-refractivity contribution in [2.45, 2.75) is 6.54 Å². The van der Waals surface area contributed by atoms with Crippen LogP contribution in [0.4, 0.5) is 5.82 Å². The summed E-state index contributed by atoms with van der Waals surface area (Å²) < 4.78 is 1.17. The lowest BCUT2D eigenvalue weighted by atomic mass is 10.6. The highest BCUT2D eigenvalue weighted by Crippen LogP contribution is 2.06. The largest absolute Gasteiger partial charge is 0.330 e. The fourth-order valence-corrected chi connectivity index (χ4v) is 1.11. The number of hydrogen-bond donors (Lipinski definition) is 2. The number of nitrogens with one attached hydrogen (secondary N) is 2. The molecule has 0 radical (unpaired) electrons. The Labute approximate surface area is 65.8 Å². The van der Waals surface area contributed by atoms with Gasteiger partial charge in [0.1, 0.15) is 12.4 Å². The number of nitrogens with zero attached hydrogens (tertiary/aromatic N) is 1. The van der Waals surface area contributed by atoms with E-state index >= 15 is 0 Å². The molecule has 0 aromatic carbocycles. The molecule has 2 rings (SSSR count). The number of aromatic amines is 1. The van der Waals surface area contributed by atoms with Gasteiger partial charge in [0.2, 0.25) is 5.91 Å². The fraction of sp³-hybridized carbons (Fsp3) is 0.167. The van der Waals surface area contributed by atoms with Crippen LogP contribution in [-0.4, -0.2) is 15.5 Å². The molecule has 0 aliphatic carbocycles. The second-order valence-corrected chi connectivity index (χ2v) is 2.46. The molecule has 62 valence electrons. The second-order valence-electron chi connectivity index (χ2n) is 2.46. The van der Waals surface area contributed by atoms with E-state index in [1.54, 1.807) is 0 Å². The summed E-state index contributed by atoms with van der Waals surface area (Å²) >= 11 is 0. The van der Waals surface area contributed by atoms with Gasteiger partial charge >= 0.3 is 5.69 Å². The zero-order chi connectivity index (χ0) is 8.72. The Hall–Kier alpha value is -1.85. The molecule has 0 bridgehead atoms. The van der Waals surface area contributed by atoms with Crippen molar-refractivity contribution in [1.82, 2.24) is 9.55 Å². The average Bonchev–Trinajstić information content (AvgIpc) is 2.29. The third-order valence-corrected chi connectivity index (χ3v) is 1.60. The van der Waals surface area contributed by atoms with Crippen LogP contribution >= 0.6 is 0 Å². The highest BCUT2D eigenvalue weighted by molar-refractivity contribution is 5.93. The molecule has 12 heavy (non-hydrogen) atoms. The molecule has 1 aromatic heterocycles. The number of rotatable bonds is 0. The van der Waals surface area contributed by atoms with Crippen molar-refractivity contribution in [3.63, 3.8) is 0 Å². The molecule has 0 atom stereocenters. The average molecular weight is 167 g/mol. The van der Waals surface area contributed by atoms with Gasteiger partial charge in [0.15, 0.2) is 0 Å². The highest BCUT2D eigenvalue weighted by atomic mass is 16.2. The second kappa shape index (κ2) is 2.07. The molecule has 1 aromatic rings. The Balaban J connectivity index is 2.76. The van der Waals surface area contributed by atoms with Gasteiger partial charge < -0.3 is 5.32 Å². The number of carbonyl (C=O) groups excluding carboxylic acids is 1. The minimum Gasteiger partial charge on any atom is -0.310 e. The van der Waals surface area contributed by atoms with Crippen LogP contribution in [-0.2, 0) is 11.3 Å². The first-order chi connectivity index (χ1) is 5.66. The van der Waals surface area contributed by atoms with Gasteiger partial charge in [-0.05, 0) is 0 Å². The van der Waals surface area contributed by atoms with Gasteiger partial charge in [-0.1, -0.05) is 0 Å². The van der Waals surface area contributed by atoms with Gasteiger partial charge in [0.05, 0.1) is 0 Å². The van der Waals surface area contributed by atoms with E-state index in [0.29, 0.717) is 0 Å². The van der Waals surface area contributed by atoms with Gasteiger partial charge in [-0.25, -0.2) is 4.79 Å². The molecular weight excluding hydrogens is 162 g/mol. The van der Waals surface area contributed by atoms with Gasteiger partial charge in [0, 0.05) is 6.07 Å². The zero-order valence-electron chi connectivity index (χ0n) is 5.96. The van der Waals surface area contributed by atoms with Crippen molar-refractivity contribution in [2.24, 2.45) is 0 Å². The molecule has 0 saturated carbocycles. The molecule has 0 fully saturated rings. The number of fused-ring (bicyclic) bond motifs is 1. The third kappa shape index (κ3) is 0.849. The molecule has 6 heteroatoms. The first-order valence-electron chi connectivity index (χ1n) is 3.31.